The van der Waals surface area contributed by atoms with Gasteiger partial charge in [0.05, 0.1) is 0 Å². The normalized spacial score (nSPS) is 11.7. The maximum absolute atomic E-state index is 12.1. The van der Waals surface area contributed by atoms with Crippen molar-refractivity contribution in [2.75, 3.05) is 6.54 Å². The van der Waals surface area contributed by atoms with E-state index in [9.17, 15) is 13.2 Å². The molecule has 0 radical (unpaired) electrons. The third-order valence-corrected chi connectivity index (χ3v) is 3.82. The summed E-state index contributed by atoms with van der Waals surface area (Å²) < 4.78 is 45.9. The Morgan fingerprint density at radius 3 is 2.19 bits per heavy atom. The number of nitrogens with zero attached hydrogens (tertiary/aromatic N) is 1. The van der Waals surface area contributed by atoms with Crippen LogP contribution < -0.4 is 9.47 Å². The molecule has 3 nitrogen and oxygen atoms in total. The molecule has 146 valence electrons. The molecule has 0 saturated heterocycles. The number of ether oxygens (including phenoxy) is 2. The molecule has 2 rings (SSSR count). The van der Waals surface area contributed by atoms with Crippen LogP contribution in [0.4, 0.5) is 13.2 Å². The van der Waals surface area contributed by atoms with Gasteiger partial charge in [0.2, 0.25) is 0 Å². The highest BCUT2D eigenvalue weighted by Crippen LogP contribution is 2.23. The van der Waals surface area contributed by atoms with Gasteiger partial charge in [0, 0.05) is 12.8 Å². The zero-order chi connectivity index (χ0) is 19.5. The Balaban J connectivity index is 1.77. The van der Waals surface area contributed by atoms with Crippen molar-refractivity contribution >= 4 is 6.21 Å². The summed E-state index contributed by atoms with van der Waals surface area (Å²) in [6.45, 7) is 3.29. The van der Waals surface area contributed by atoms with Gasteiger partial charge in [-0.2, -0.15) is 0 Å². The lowest BCUT2D eigenvalue weighted by Gasteiger charge is -2.10. The molecule has 6 heteroatoms. The molecule has 0 aromatic heterocycles. The van der Waals surface area contributed by atoms with Crippen LogP contribution in [-0.4, -0.2) is 19.1 Å². The second-order valence-corrected chi connectivity index (χ2v) is 6.15. The average molecular weight is 379 g/mol. The summed E-state index contributed by atoms with van der Waals surface area (Å²) in [4.78, 5) is 4.41. The first-order chi connectivity index (χ1) is 13.0. The van der Waals surface area contributed by atoms with Gasteiger partial charge in [-0.1, -0.05) is 38.3 Å². The van der Waals surface area contributed by atoms with Crippen molar-refractivity contribution in [2.24, 2.45) is 4.99 Å². The lowest BCUT2D eigenvalue weighted by atomic mass is 10.2. The van der Waals surface area contributed by atoms with Gasteiger partial charge in [-0.3, -0.25) is 4.99 Å². The van der Waals surface area contributed by atoms with Crippen molar-refractivity contribution in [3.63, 3.8) is 0 Å². The Hall–Kier alpha value is -2.50. The summed E-state index contributed by atoms with van der Waals surface area (Å²) in [5.41, 5.74) is 1.76. The molecule has 0 unspecified atom stereocenters. The van der Waals surface area contributed by atoms with Crippen molar-refractivity contribution in [1.82, 2.24) is 0 Å². The summed E-state index contributed by atoms with van der Waals surface area (Å²) in [5, 5.41) is 0. The molecular weight excluding hydrogens is 355 g/mol. The first-order valence-electron chi connectivity index (χ1n) is 9.03. The number of rotatable bonds is 10. The highest BCUT2D eigenvalue weighted by molar-refractivity contribution is 5.79. The van der Waals surface area contributed by atoms with E-state index in [-0.39, 0.29) is 12.4 Å². The number of alkyl halides is 3. The predicted octanol–water partition coefficient (Wildman–Crippen LogP) is 6.16. The average Bonchev–Trinajstić information content (AvgIpc) is 2.64. The summed E-state index contributed by atoms with van der Waals surface area (Å²) >= 11 is 0. The second-order valence-electron chi connectivity index (χ2n) is 6.15. The van der Waals surface area contributed by atoms with Crippen LogP contribution in [-0.2, 0) is 6.61 Å². The Morgan fingerprint density at radius 2 is 1.56 bits per heavy atom. The molecule has 0 amide bonds. The Morgan fingerprint density at radius 1 is 0.889 bits per heavy atom. The van der Waals surface area contributed by atoms with E-state index in [0.717, 1.165) is 24.1 Å². The van der Waals surface area contributed by atoms with E-state index in [0.29, 0.717) is 5.75 Å². The van der Waals surface area contributed by atoms with Crippen LogP contribution in [0.2, 0.25) is 0 Å². The maximum Gasteiger partial charge on any atom is 0.573 e. The van der Waals surface area contributed by atoms with Gasteiger partial charge in [0.1, 0.15) is 18.1 Å². The van der Waals surface area contributed by atoms with E-state index >= 15 is 0 Å². The van der Waals surface area contributed by atoms with Crippen LogP contribution in [0.15, 0.2) is 53.5 Å². The molecule has 0 N–H and O–H groups in total. The van der Waals surface area contributed by atoms with Crippen LogP contribution in [0.3, 0.4) is 0 Å². The molecular formula is C21H24F3NO2. The van der Waals surface area contributed by atoms with E-state index in [1.54, 1.807) is 12.1 Å². The quantitative estimate of drug-likeness (QED) is 0.365. The lowest BCUT2D eigenvalue weighted by molar-refractivity contribution is -0.274. The van der Waals surface area contributed by atoms with Crippen LogP contribution in [0, 0.1) is 0 Å². The van der Waals surface area contributed by atoms with Crippen LogP contribution in [0.5, 0.6) is 11.5 Å². The molecule has 0 bridgehead atoms. The molecule has 0 atom stereocenters. The first kappa shape index (κ1) is 20.8. The third kappa shape index (κ3) is 8.62. The van der Waals surface area contributed by atoms with Crippen molar-refractivity contribution in [3.05, 3.63) is 59.7 Å². The predicted molar refractivity (Wildman–Crippen MR) is 101 cm³/mol. The van der Waals surface area contributed by atoms with E-state index < -0.39 is 6.36 Å². The molecule has 0 aliphatic rings. The lowest BCUT2D eigenvalue weighted by Crippen LogP contribution is -2.17. The van der Waals surface area contributed by atoms with E-state index in [2.05, 4.69) is 16.7 Å². The number of halogens is 3. The third-order valence-electron chi connectivity index (χ3n) is 3.82. The maximum atomic E-state index is 12.1. The van der Waals surface area contributed by atoms with Crippen LogP contribution >= 0.6 is 0 Å². The van der Waals surface area contributed by atoms with Gasteiger partial charge in [0.15, 0.2) is 0 Å². The molecule has 0 heterocycles. The summed E-state index contributed by atoms with van der Waals surface area (Å²) in [6, 6.07) is 13.2. The molecule has 0 aliphatic heterocycles. The van der Waals surface area contributed by atoms with E-state index in [4.69, 9.17) is 4.74 Å². The molecule has 0 saturated carbocycles. The standard InChI is InChI=1S/C21H24F3NO2/c1-2-3-4-5-14-25-15-17-6-10-19(11-7-17)26-16-18-8-12-20(13-9-18)27-21(22,23)24/h6-13,15H,2-5,14,16H2,1H3. The molecule has 2 aromatic rings. The van der Waals surface area contributed by atoms with Crippen molar-refractivity contribution < 1.29 is 22.6 Å². The number of unbranched alkanes of at least 4 members (excludes halogenated alkanes) is 3. The minimum absolute atomic E-state index is 0.246. The second kappa shape index (κ2) is 10.6. The number of benzene rings is 2. The van der Waals surface area contributed by atoms with Crippen molar-refractivity contribution in [2.45, 2.75) is 45.6 Å². The molecule has 0 spiro atoms. The highest BCUT2D eigenvalue weighted by atomic mass is 19.4. The fraction of sp³-hybridized carbons (Fsp3) is 0.381. The minimum Gasteiger partial charge on any atom is -0.489 e. The molecule has 2 aromatic carbocycles. The number of aliphatic imine (C=N–C) groups is 1. The Bertz CT molecular complexity index is 695. The zero-order valence-corrected chi connectivity index (χ0v) is 15.3. The van der Waals surface area contributed by atoms with Gasteiger partial charge in [-0.25, -0.2) is 0 Å². The van der Waals surface area contributed by atoms with Gasteiger partial charge in [0.25, 0.3) is 0 Å². The minimum atomic E-state index is -4.68. The Labute approximate surface area is 157 Å². The van der Waals surface area contributed by atoms with Crippen LogP contribution in [0.1, 0.15) is 43.7 Å². The SMILES string of the molecule is CCCCCCN=Cc1ccc(OCc2ccc(OC(F)(F)F)cc2)cc1. The fourth-order valence-corrected chi connectivity index (χ4v) is 2.40. The summed E-state index contributed by atoms with van der Waals surface area (Å²) in [6.07, 6.45) is 1.96. The van der Waals surface area contributed by atoms with Crippen molar-refractivity contribution in [3.8, 4) is 11.5 Å². The van der Waals surface area contributed by atoms with Gasteiger partial charge >= 0.3 is 6.36 Å². The monoisotopic (exact) mass is 379 g/mol. The zero-order valence-electron chi connectivity index (χ0n) is 15.3. The highest BCUT2D eigenvalue weighted by Gasteiger charge is 2.30. The van der Waals surface area contributed by atoms with Gasteiger partial charge in [-0.15, -0.1) is 13.2 Å². The largest absolute Gasteiger partial charge is 0.573 e. The smallest absolute Gasteiger partial charge is 0.489 e. The fourth-order valence-electron chi connectivity index (χ4n) is 2.40. The molecule has 27 heavy (non-hydrogen) atoms. The Kier molecular flexibility index (Phi) is 8.17. The van der Waals surface area contributed by atoms with Crippen molar-refractivity contribution in [1.29, 1.82) is 0 Å². The molecule has 0 aliphatic carbocycles. The number of hydrogen-bond acceptors (Lipinski definition) is 3. The summed E-state index contributed by atoms with van der Waals surface area (Å²) in [7, 11) is 0. The van der Waals surface area contributed by atoms with E-state index in [1.807, 2.05) is 30.5 Å². The summed E-state index contributed by atoms with van der Waals surface area (Å²) in [5.74, 6) is 0.440. The van der Waals surface area contributed by atoms with Crippen LogP contribution in [0.25, 0.3) is 0 Å². The topological polar surface area (TPSA) is 30.8 Å². The first-order valence-corrected chi connectivity index (χ1v) is 9.03. The van der Waals surface area contributed by atoms with E-state index in [1.165, 1.54) is 31.4 Å². The molecule has 0 fully saturated rings. The van der Waals surface area contributed by atoms with Gasteiger partial charge in [-0.05, 0) is 53.9 Å². The van der Waals surface area contributed by atoms with Gasteiger partial charge < -0.3 is 9.47 Å². The number of hydrogen-bond donors (Lipinski definition) is 0.